The molecule has 3 aromatic rings. The zero-order valence-corrected chi connectivity index (χ0v) is 13.0. The van der Waals surface area contributed by atoms with Crippen molar-refractivity contribution in [1.29, 1.82) is 0 Å². The molecule has 1 aliphatic rings. The highest BCUT2D eigenvalue weighted by Crippen LogP contribution is 2.38. The van der Waals surface area contributed by atoms with E-state index in [1.807, 2.05) is 0 Å². The van der Waals surface area contributed by atoms with Crippen LogP contribution in [0.15, 0.2) is 63.8 Å². The van der Waals surface area contributed by atoms with E-state index in [2.05, 4.69) is 5.32 Å². The van der Waals surface area contributed by atoms with Crippen LogP contribution >= 0.6 is 0 Å². The van der Waals surface area contributed by atoms with E-state index in [1.54, 1.807) is 48.5 Å². The molecule has 1 aromatic heterocycles. The second-order valence-electron chi connectivity index (χ2n) is 5.95. The molecule has 0 spiro atoms. The van der Waals surface area contributed by atoms with Crippen molar-refractivity contribution in [2.75, 3.05) is 5.32 Å². The molecule has 1 atom stereocenters. The van der Waals surface area contributed by atoms with E-state index in [9.17, 15) is 19.5 Å². The second-order valence-corrected chi connectivity index (χ2v) is 5.95. The summed E-state index contributed by atoms with van der Waals surface area (Å²) in [6.45, 7) is 0. The monoisotopic (exact) mass is 335 g/mol. The van der Waals surface area contributed by atoms with Gasteiger partial charge < -0.3 is 14.8 Å². The van der Waals surface area contributed by atoms with Gasteiger partial charge in [-0.05, 0) is 18.2 Å². The Balaban J connectivity index is 1.74. The second kappa shape index (κ2) is 5.39. The Bertz CT molecular complexity index is 1080. The molecule has 0 saturated carbocycles. The highest BCUT2D eigenvalue weighted by Gasteiger charge is 2.46. The van der Waals surface area contributed by atoms with Crippen molar-refractivity contribution in [3.8, 4) is 0 Å². The number of hydrogen-bond donors (Lipinski definition) is 2. The van der Waals surface area contributed by atoms with Crippen molar-refractivity contribution in [3.05, 3.63) is 76.1 Å². The van der Waals surface area contributed by atoms with Crippen LogP contribution < -0.4 is 10.9 Å². The summed E-state index contributed by atoms with van der Waals surface area (Å²) >= 11 is 0. The van der Waals surface area contributed by atoms with Crippen LogP contribution in [0, 0.1) is 0 Å². The first kappa shape index (κ1) is 15.3. The molecule has 2 heterocycles. The third-order valence-corrected chi connectivity index (χ3v) is 4.35. The van der Waals surface area contributed by atoms with Crippen molar-refractivity contribution >= 4 is 28.3 Å². The Kier molecular flexibility index (Phi) is 3.30. The molecule has 0 bridgehead atoms. The molecule has 2 aromatic carbocycles. The minimum atomic E-state index is -2.01. The van der Waals surface area contributed by atoms with Crippen LogP contribution in [-0.4, -0.2) is 16.8 Å². The molecule has 0 aliphatic carbocycles. The Morgan fingerprint density at radius 2 is 1.80 bits per heavy atom. The number of benzene rings is 2. The molecule has 6 nitrogen and oxygen atoms in total. The van der Waals surface area contributed by atoms with Crippen molar-refractivity contribution in [1.82, 2.24) is 0 Å². The number of Topliss-reactive ketones (excluding diaryl/α,β-unsaturated/α-hetero) is 1. The zero-order chi connectivity index (χ0) is 17.6. The fourth-order valence-corrected chi connectivity index (χ4v) is 3.06. The van der Waals surface area contributed by atoms with Gasteiger partial charge in [0.15, 0.2) is 11.4 Å². The largest absolute Gasteiger partial charge is 0.422 e. The zero-order valence-electron chi connectivity index (χ0n) is 13.0. The van der Waals surface area contributed by atoms with Crippen molar-refractivity contribution in [3.63, 3.8) is 0 Å². The standard InChI is InChI=1S/C19H13NO5/c21-15(12-9-11-5-1-4-8-16(11)25-17(12)22)10-19(24)13-6-2-3-7-14(13)20-18(19)23/h1-9,24H,10H2,(H,20,23)/t19-/m1/s1. The maximum atomic E-state index is 12.6. The summed E-state index contributed by atoms with van der Waals surface area (Å²) in [5, 5.41) is 13.9. The molecule has 1 amide bonds. The lowest BCUT2D eigenvalue weighted by molar-refractivity contribution is -0.133. The molecule has 4 rings (SSSR count). The Morgan fingerprint density at radius 1 is 1.08 bits per heavy atom. The predicted octanol–water partition coefficient (Wildman–Crippen LogP) is 2.21. The Labute approximate surface area is 141 Å². The lowest BCUT2D eigenvalue weighted by Gasteiger charge is -2.19. The van der Waals surface area contributed by atoms with Crippen LogP contribution in [-0.2, 0) is 10.4 Å². The van der Waals surface area contributed by atoms with Crippen molar-refractivity contribution in [2.24, 2.45) is 0 Å². The van der Waals surface area contributed by atoms with E-state index in [-0.39, 0.29) is 5.56 Å². The molecule has 25 heavy (non-hydrogen) atoms. The van der Waals surface area contributed by atoms with Gasteiger partial charge in [0.2, 0.25) is 0 Å². The third kappa shape index (κ3) is 2.35. The van der Waals surface area contributed by atoms with Crippen LogP contribution in [0.25, 0.3) is 11.0 Å². The number of anilines is 1. The van der Waals surface area contributed by atoms with Gasteiger partial charge >= 0.3 is 5.63 Å². The molecule has 0 radical (unpaired) electrons. The fourth-order valence-electron chi connectivity index (χ4n) is 3.06. The first-order valence-electron chi connectivity index (χ1n) is 7.68. The van der Waals surface area contributed by atoms with Crippen LogP contribution in [0.2, 0.25) is 0 Å². The van der Waals surface area contributed by atoms with E-state index in [0.29, 0.717) is 22.2 Å². The van der Waals surface area contributed by atoms with Crippen LogP contribution in [0.3, 0.4) is 0 Å². The summed E-state index contributed by atoms with van der Waals surface area (Å²) in [4.78, 5) is 36.9. The van der Waals surface area contributed by atoms with Crippen molar-refractivity contribution < 1.29 is 19.1 Å². The van der Waals surface area contributed by atoms with Crippen LogP contribution in [0.5, 0.6) is 0 Å². The highest BCUT2D eigenvalue weighted by atomic mass is 16.4. The number of carbonyl (C=O) groups excluding carboxylic acids is 2. The number of ketones is 1. The third-order valence-electron chi connectivity index (χ3n) is 4.35. The predicted molar refractivity (Wildman–Crippen MR) is 90.4 cm³/mol. The fraction of sp³-hybridized carbons (Fsp3) is 0.105. The van der Waals surface area contributed by atoms with Gasteiger partial charge in [-0.1, -0.05) is 36.4 Å². The summed E-state index contributed by atoms with van der Waals surface area (Å²) in [5.74, 6) is -1.35. The molecule has 1 aliphatic heterocycles. The summed E-state index contributed by atoms with van der Waals surface area (Å²) < 4.78 is 5.15. The number of rotatable bonds is 3. The van der Waals surface area contributed by atoms with Gasteiger partial charge in [-0.25, -0.2) is 4.79 Å². The first-order chi connectivity index (χ1) is 12.0. The maximum absolute atomic E-state index is 12.6. The van der Waals surface area contributed by atoms with Gasteiger partial charge in [0.05, 0.1) is 6.42 Å². The molecule has 0 saturated heterocycles. The molecular formula is C19H13NO5. The average molecular weight is 335 g/mol. The topological polar surface area (TPSA) is 96.6 Å². The molecule has 0 fully saturated rings. The van der Waals surface area contributed by atoms with Gasteiger partial charge in [0, 0.05) is 16.6 Å². The van der Waals surface area contributed by atoms with Crippen LogP contribution in [0.4, 0.5) is 5.69 Å². The van der Waals surface area contributed by atoms with Gasteiger partial charge in [0.1, 0.15) is 11.1 Å². The normalized spacial score (nSPS) is 18.8. The minimum Gasteiger partial charge on any atom is -0.422 e. The molecule has 124 valence electrons. The number of amides is 1. The molecule has 6 heteroatoms. The summed E-state index contributed by atoms with van der Waals surface area (Å²) in [5.41, 5.74) is -1.85. The van der Waals surface area contributed by atoms with E-state index in [4.69, 9.17) is 4.42 Å². The smallest absolute Gasteiger partial charge is 0.347 e. The molecule has 0 unspecified atom stereocenters. The van der Waals surface area contributed by atoms with Crippen molar-refractivity contribution in [2.45, 2.75) is 12.0 Å². The van der Waals surface area contributed by atoms with Gasteiger partial charge in [-0.15, -0.1) is 0 Å². The number of aliphatic hydroxyl groups is 1. The lowest BCUT2D eigenvalue weighted by Crippen LogP contribution is -2.37. The SMILES string of the molecule is O=C(C[C@]1(O)C(=O)Nc2ccccc21)c1cc2ccccc2oc1=O. The van der Waals surface area contributed by atoms with Gasteiger partial charge in [0.25, 0.3) is 5.91 Å². The summed E-state index contributed by atoms with van der Waals surface area (Å²) in [6, 6.07) is 14.8. The number of fused-ring (bicyclic) bond motifs is 2. The van der Waals surface area contributed by atoms with E-state index in [0.717, 1.165) is 0 Å². The first-order valence-corrected chi connectivity index (χ1v) is 7.68. The maximum Gasteiger partial charge on any atom is 0.347 e. The van der Waals surface area contributed by atoms with E-state index in [1.165, 1.54) is 6.07 Å². The highest BCUT2D eigenvalue weighted by molar-refractivity contribution is 6.09. The average Bonchev–Trinajstić information content (AvgIpc) is 2.85. The number of nitrogens with one attached hydrogen (secondary N) is 1. The number of hydrogen-bond acceptors (Lipinski definition) is 5. The number of carbonyl (C=O) groups is 2. The van der Waals surface area contributed by atoms with E-state index >= 15 is 0 Å². The molecular weight excluding hydrogens is 322 g/mol. The lowest BCUT2D eigenvalue weighted by atomic mass is 9.88. The Morgan fingerprint density at radius 3 is 2.64 bits per heavy atom. The Hall–Kier alpha value is -3.25. The van der Waals surface area contributed by atoms with Gasteiger partial charge in [-0.2, -0.15) is 0 Å². The summed E-state index contributed by atoms with van der Waals surface area (Å²) in [7, 11) is 0. The van der Waals surface area contributed by atoms with Gasteiger partial charge in [-0.3, -0.25) is 9.59 Å². The number of para-hydroxylation sites is 2. The minimum absolute atomic E-state index is 0.190. The van der Waals surface area contributed by atoms with E-state index < -0.39 is 29.3 Å². The quantitative estimate of drug-likeness (QED) is 0.565. The molecule has 2 N–H and O–H groups in total. The summed E-state index contributed by atoms with van der Waals surface area (Å²) in [6.07, 6.45) is -0.543. The van der Waals surface area contributed by atoms with Crippen LogP contribution in [0.1, 0.15) is 22.3 Å².